The van der Waals surface area contributed by atoms with E-state index < -0.39 is 0 Å². The highest BCUT2D eigenvalue weighted by atomic mass is 16.6. The maximum Gasteiger partial charge on any atom is 0.272 e. The molecule has 5 nitrogen and oxygen atoms in total. The molecule has 0 saturated carbocycles. The molecule has 98 valence electrons. The van der Waals surface area contributed by atoms with Crippen LogP contribution in [0.15, 0.2) is 12.1 Å². The first-order valence-electron chi connectivity index (χ1n) is 6.18. The number of benzene rings is 1. The van der Waals surface area contributed by atoms with Crippen LogP contribution in [0.4, 0.5) is 11.4 Å². The van der Waals surface area contributed by atoms with Gasteiger partial charge in [0.05, 0.1) is 11.5 Å². The highest BCUT2D eigenvalue weighted by Crippen LogP contribution is 2.27. The van der Waals surface area contributed by atoms with Crippen molar-refractivity contribution in [1.82, 2.24) is 0 Å². The summed E-state index contributed by atoms with van der Waals surface area (Å²) in [4.78, 5) is 10.5. The van der Waals surface area contributed by atoms with Crippen molar-refractivity contribution in [3.05, 3.63) is 33.4 Å². The maximum absolute atomic E-state index is 10.8. The van der Waals surface area contributed by atoms with Crippen molar-refractivity contribution in [2.45, 2.75) is 32.7 Å². The molecule has 5 heteroatoms. The summed E-state index contributed by atoms with van der Waals surface area (Å²) in [7, 11) is 0. The fraction of sp³-hybridized carbons (Fsp3) is 0.538. The number of nitro groups is 1. The summed E-state index contributed by atoms with van der Waals surface area (Å²) >= 11 is 0. The van der Waals surface area contributed by atoms with Crippen molar-refractivity contribution < 1.29 is 9.66 Å². The average molecular weight is 250 g/mol. The molecule has 0 spiro atoms. The molecular formula is C13H18N2O3. The van der Waals surface area contributed by atoms with Crippen molar-refractivity contribution in [2.24, 2.45) is 0 Å². The van der Waals surface area contributed by atoms with Crippen molar-refractivity contribution in [2.75, 3.05) is 18.5 Å². The number of nitrogens with one attached hydrogen (secondary N) is 1. The van der Waals surface area contributed by atoms with E-state index in [2.05, 4.69) is 5.32 Å². The molecule has 1 atom stereocenters. The number of anilines is 1. The number of nitro benzene ring substituents is 1. The second-order valence-electron chi connectivity index (χ2n) is 4.77. The lowest BCUT2D eigenvalue weighted by molar-refractivity contribution is -0.385. The Morgan fingerprint density at radius 3 is 2.78 bits per heavy atom. The fourth-order valence-corrected chi connectivity index (χ4v) is 2.23. The summed E-state index contributed by atoms with van der Waals surface area (Å²) in [6, 6.07) is 3.78. The van der Waals surface area contributed by atoms with Crippen LogP contribution in [-0.2, 0) is 4.74 Å². The van der Waals surface area contributed by atoms with Gasteiger partial charge in [0.1, 0.15) is 0 Å². The number of hydrogen-bond acceptors (Lipinski definition) is 4. The predicted molar refractivity (Wildman–Crippen MR) is 70.0 cm³/mol. The van der Waals surface area contributed by atoms with Gasteiger partial charge in [-0.3, -0.25) is 10.1 Å². The Labute approximate surface area is 106 Å². The Morgan fingerprint density at radius 1 is 1.39 bits per heavy atom. The zero-order chi connectivity index (χ0) is 13.1. The minimum Gasteiger partial charge on any atom is -0.380 e. The standard InChI is InChI=1S/C13H18N2O3/c1-9-7-13(15(16)17)10(2)6-12(9)14-11-4-3-5-18-8-11/h6-7,11,14H,3-5,8H2,1-2H3. The average Bonchev–Trinajstić information content (AvgIpc) is 2.34. The van der Waals surface area contributed by atoms with Gasteiger partial charge in [-0.2, -0.15) is 0 Å². The number of hydrogen-bond donors (Lipinski definition) is 1. The molecule has 1 heterocycles. The van der Waals surface area contributed by atoms with Gasteiger partial charge in [0, 0.05) is 30.0 Å². The maximum atomic E-state index is 10.8. The molecule has 1 N–H and O–H groups in total. The first-order valence-corrected chi connectivity index (χ1v) is 6.18. The van der Waals surface area contributed by atoms with Gasteiger partial charge in [-0.15, -0.1) is 0 Å². The molecule has 1 unspecified atom stereocenters. The highest BCUT2D eigenvalue weighted by molar-refractivity contribution is 5.59. The van der Waals surface area contributed by atoms with E-state index >= 15 is 0 Å². The SMILES string of the molecule is Cc1cc([N+](=O)[O-])c(C)cc1NC1CCCOC1. The van der Waals surface area contributed by atoms with Crippen LogP contribution < -0.4 is 5.32 Å². The number of ether oxygens (including phenoxy) is 1. The van der Waals surface area contributed by atoms with Crippen LogP contribution in [0.2, 0.25) is 0 Å². The van der Waals surface area contributed by atoms with Gasteiger partial charge in [0.2, 0.25) is 0 Å². The molecule has 1 fully saturated rings. The molecule has 1 aromatic carbocycles. The Hall–Kier alpha value is -1.62. The molecule has 18 heavy (non-hydrogen) atoms. The lowest BCUT2D eigenvalue weighted by Crippen LogP contribution is -2.30. The Bertz CT molecular complexity index is 454. The van der Waals surface area contributed by atoms with Gasteiger partial charge >= 0.3 is 0 Å². The number of rotatable bonds is 3. The quantitative estimate of drug-likeness (QED) is 0.661. The Kier molecular flexibility index (Phi) is 3.81. The lowest BCUT2D eigenvalue weighted by atomic mass is 10.1. The summed E-state index contributed by atoms with van der Waals surface area (Å²) in [6.45, 7) is 5.19. The predicted octanol–water partition coefficient (Wildman–Crippen LogP) is 2.80. The smallest absolute Gasteiger partial charge is 0.272 e. The molecule has 1 saturated heterocycles. The van der Waals surface area contributed by atoms with Crippen molar-refractivity contribution in [3.8, 4) is 0 Å². The molecule has 0 amide bonds. The third-order valence-corrected chi connectivity index (χ3v) is 3.26. The van der Waals surface area contributed by atoms with E-state index in [0.717, 1.165) is 30.7 Å². The Morgan fingerprint density at radius 2 is 2.17 bits per heavy atom. The molecule has 1 aromatic rings. The van der Waals surface area contributed by atoms with Crippen molar-refractivity contribution >= 4 is 11.4 Å². The molecule has 1 aliphatic heterocycles. The summed E-state index contributed by atoms with van der Waals surface area (Å²) in [6.07, 6.45) is 2.14. The molecule has 0 radical (unpaired) electrons. The minimum absolute atomic E-state index is 0.179. The normalized spacial score (nSPS) is 19.6. The van der Waals surface area contributed by atoms with Crippen molar-refractivity contribution in [1.29, 1.82) is 0 Å². The van der Waals surface area contributed by atoms with Gasteiger partial charge in [-0.25, -0.2) is 0 Å². The van der Waals surface area contributed by atoms with Crippen LogP contribution >= 0.6 is 0 Å². The zero-order valence-corrected chi connectivity index (χ0v) is 10.7. The highest BCUT2D eigenvalue weighted by Gasteiger charge is 2.17. The first-order chi connectivity index (χ1) is 8.58. The monoisotopic (exact) mass is 250 g/mol. The molecule has 0 aromatic heterocycles. The van der Waals surface area contributed by atoms with Crippen LogP contribution in [0.3, 0.4) is 0 Å². The van der Waals surface area contributed by atoms with E-state index in [-0.39, 0.29) is 10.6 Å². The van der Waals surface area contributed by atoms with Gasteiger partial charge in [0.15, 0.2) is 0 Å². The number of nitrogens with zero attached hydrogens (tertiary/aromatic N) is 1. The molecule has 0 bridgehead atoms. The third kappa shape index (κ3) is 2.79. The molecule has 2 rings (SSSR count). The second kappa shape index (κ2) is 5.35. The van der Waals surface area contributed by atoms with E-state index in [1.54, 1.807) is 13.0 Å². The van der Waals surface area contributed by atoms with E-state index in [9.17, 15) is 10.1 Å². The molecule has 0 aliphatic carbocycles. The van der Waals surface area contributed by atoms with E-state index in [4.69, 9.17) is 4.74 Å². The van der Waals surface area contributed by atoms with Crippen LogP contribution in [0.25, 0.3) is 0 Å². The number of aryl methyl sites for hydroxylation is 2. The van der Waals surface area contributed by atoms with E-state index in [0.29, 0.717) is 18.2 Å². The summed E-state index contributed by atoms with van der Waals surface area (Å²) in [5, 5.41) is 14.2. The summed E-state index contributed by atoms with van der Waals surface area (Å²) < 4.78 is 5.42. The van der Waals surface area contributed by atoms with Gasteiger partial charge in [-0.1, -0.05) is 0 Å². The van der Waals surface area contributed by atoms with Gasteiger partial charge < -0.3 is 10.1 Å². The third-order valence-electron chi connectivity index (χ3n) is 3.26. The fourth-order valence-electron chi connectivity index (χ4n) is 2.23. The molecular weight excluding hydrogens is 232 g/mol. The minimum atomic E-state index is -0.337. The lowest BCUT2D eigenvalue weighted by Gasteiger charge is -2.25. The van der Waals surface area contributed by atoms with Gasteiger partial charge in [0.25, 0.3) is 5.69 Å². The van der Waals surface area contributed by atoms with Crippen LogP contribution in [0, 0.1) is 24.0 Å². The van der Waals surface area contributed by atoms with Crippen LogP contribution in [0.5, 0.6) is 0 Å². The van der Waals surface area contributed by atoms with Crippen LogP contribution in [-0.4, -0.2) is 24.2 Å². The van der Waals surface area contributed by atoms with Crippen molar-refractivity contribution in [3.63, 3.8) is 0 Å². The van der Waals surface area contributed by atoms with E-state index in [1.165, 1.54) is 0 Å². The largest absolute Gasteiger partial charge is 0.380 e. The van der Waals surface area contributed by atoms with Gasteiger partial charge in [-0.05, 0) is 38.3 Å². The summed E-state index contributed by atoms with van der Waals surface area (Å²) in [5.74, 6) is 0. The first kappa shape index (κ1) is 12.8. The second-order valence-corrected chi connectivity index (χ2v) is 4.77. The topological polar surface area (TPSA) is 64.4 Å². The molecule has 1 aliphatic rings. The van der Waals surface area contributed by atoms with Crippen LogP contribution in [0.1, 0.15) is 24.0 Å². The Balaban J connectivity index is 2.18. The van der Waals surface area contributed by atoms with E-state index in [1.807, 2.05) is 13.0 Å². The summed E-state index contributed by atoms with van der Waals surface area (Å²) in [5.41, 5.74) is 2.73. The zero-order valence-electron chi connectivity index (χ0n) is 10.7.